The molecule has 0 unspecified atom stereocenters. The Morgan fingerprint density at radius 2 is 2.09 bits per heavy atom. The summed E-state index contributed by atoms with van der Waals surface area (Å²) in [5.74, 6) is 0.687. The molecule has 2 aromatic rings. The first-order chi connectivity index (χ1) is 11.0. The van der Waals surface area contributed by atoms with Crippen molar-refractivity contribution in [2.75, 3.05) is 50.0 Å². The first kappa shape index (κ1) is 15.7. The number of nitrogens with two attached hydrogens (primary N) is 1. The Morgan fingerprint density at radius 3 is 2.78 bits per heavy atom. The molecule has 0 spiro atoms. The van der Waals surface area contributed by atoms with Crippen LogP contribution in [0.1, 0.15) is 0 Å². The summed E-state index contributed by atoms with van der Waals surface area (Å²) in [4.78, 5) is 28.6. The molecule has 3 heterocycles. The number of nitrogens with one attached hydrogen (secondary N) is 1. The molecular weight excluding hydrogens is 318 g/mol. The number of anilines is 2. The number of hydrogen-bond donors (Lipinski definition) is 2. The number of pyridine rings is 1. The van der Waals surface area contributed by atoms with Crippen molar-refractivity contribution in [3.8, 4) is 0 Å². The standard InChI is InChI=1S/C14H18ClN7O/c1-21-2-4-22(5-3-21)14-19-10-7-17-11(15)6-9(10)13(20-14)18-8-12(16)23/h6-7H,2-5,8H2,1H3,(H2,16,23)(H,18,19,20). The van der Waals surface area contributed by atoms with E-state index >= 15 is 0 Å². The summed E-state index contributed by atoms with van der Waals surface area (Å²) in [6.07, 6.45) is 1.61. The van der Waals surface area contributed by atoms with Gasteiger partial charge < -0.3 is 20.9 Å². The molecule has 9 heteroatoms. The van der Waals surface area contributed by atoms with Gasteiger partial charge in [0.15, 0.2) is 0 Å². The molecule has 3 N–H and O–H groups in total. The molecule has 0 atom stereocenters. The fraction of sp³-hybridized carbons (Fsp3) is 0.429. The number of hydrogen-bond acceptors (Lipinski definition) is 7. The molecule has 3 rings (SSSR count). The number of aromatic nitrogens is 3. The van der Waals surface area contributed by atoms with Gasteiger partial charge in [-0.2, -0.15) is 4.98 Å². The van der Waals surface area contributed by atoms with Gasteiger partial charge in [-0.3, -0.25) is 4.79 Å². The zero-order chi connectivity index (χ0) is 16.4. The summed E-state index contributed by atoms with van der Waals surface area (Å²) >= 11 is 5.96. The van der Waals surface area contributed by atoms with Gasteiger partial charge in [0.2, 0.25) is 11.9 Å². The number of halogens is 1. The smallest absolute Gasteiger partial charge is 0.236 e. The van der Waals surface area contributed by atoms with E-state index in [1.807, 2.05) is 0 Å². The van der Waals surface area contributed by atoms with Gasteiger partial charge in [0, 0.05) is 31.6 Å². The van der Waals surface area contributed by atoms with Crippen molar-refractivity contribution in [1.29, 1.82) is 0 Å². The number of carbonyl (C=O) groups is 1. The number of carbonyl (C=O) groups excluding carboxylic acids is 1. The van der Waals surface area contributed by atoms with Gasteiger partial charge in [-0.1, -0.05) is 11.6 Å². The molecule has 0 bridgehead atoms. The van der Waals surface area contributed by atoms with E-state index in [1.54, 1.807) is 12.3 Å². The van der Waals surface area contributed by atoms with E-state index in [2.05, 4.69) is 37.1 Å². The molecule has 0 aliphatic carbocycles. The molecule has 1 aliphatic rings. The Hall–Kier alpha value is -2.19. The van der Waals surface area contributed by atoms with Gasteiger partial charge in [-0.05, 0) is 13.1 Å². The van der Waals surface area contributed by atoms with Crippen LogP contribution in [-0.4, -0.2) is 65.5 Å². The number of rotatable bonds is 4. The Kier molecular flexibility index (Phi) is 4.44. The number of nitrogens with zero attached hydrogens (tertiary/aromatic N) is 5. The number of primary amides is 1. The van der Waals surface area contributed by atoms with E-state index < -0.39 is 5.91 Å². The summed E-state index contributed by atoms with van der Waals surface area (Å²) in [5.41, 5.74) is 5.88. The van der Waals surface area contributed by atoms with Crippen molar-refractivity contribution in [2.45, 2.75) is 0 Å². The summed E-state index contributed by atoms with van der Waals surface area (Å²) < 4.78 is 0. The van der Waals surface area contributed by atoms with Crippen molar-refractivity contribution in [2.24, 2.45) is 5.73 Å². The highest BCUT2D eigenvalue weighted by Gasteiger charge is 2.19. The predicted molar refractivity (Wildman–Crippen MR) is 89.7 cm³/mol. The molecule has 8 nitrogen and oxygen atoms in total. The molecule has 2 aromatic heterocycles. The van der Waals surface area contributed by atoms with Crippen molar-refractivity contribution >= 4 is 40.2 Å². The van der Waals surface area contributed by atoms with Gasteiger partial charge in [0.1, 0.15) is 11.0 Å². The maximum absolute atomic E-state index is 11.1. The number of fused-ring (bicyclic) bond motifs is 1. The molecular formula is C14H18ClN7O. The minimum absolute atomic E-state index is 0.00572. The maximum Gasteiger partial charge on any atom is 0.236 e. The average molecular weight is 336 g/mol. The molecule has 0 aromatic carbocycles. The van der Waals surface area contributed by atoms with Crippen molar-refractivity contribution in [3.63, 3.8) is 0 Å². The Bertz CT molecular complexity index is 730. The Morgan fingerprint density at radius 1 is 1.35 bits per heavy atom. The summed E-state index contributed by atoms with van der Waals surface area (Å²) in [6.45, 7) is 3.58. The minimum atomic E-state index is -0.460. The van der Waals surface area contributed by atoms with Crippen LogP contribution >= 0.6 is 11.6 Å². The molecule has 1 aliphatic heterocycles. The second-order valence-corrected chi connectivity index (χ2v) is 5.89. The van der Waals surface area contributed by atoms with Crippen LogP contribution in [0.2, 0.25) is 5.15 Å². The molecule has 0 radical (unpaired) electrons. The van der Waals surface area contributed by atoms with E-state index in [4.69, 9.17) is 17.3 Å². The van der Waals surface area contributed by atoms with Crippen LogP contribution in [0.15, 0.2) is 12.3 Å². The lowest BCUT2D eigenvalue weighted by Gasteiger charge is -2.32. The van der Waals surface area contributed by atoms with Crippen LogP contribution in [-0.2, 0) is 4.79 Å². The van der Waals surface area contributed by atoms with Crippen molar-refractivity contribution in [3.05, 3.63) is 17.4 Å². The number of likely N-dealkylation sites (N-methyl/N-ethyl adjacent to an activating group) is 1. The first-order valence-electron chi connectivity index (χ1n) is 7.32. The predicted octanol–water partition coefficient (Wildman–Crippen LogP) is 0.327. The second kappa shape index (κ2) is 6.51. The van der Waals surface area contributed by atoms with Crippen LogP contribution < -0.4 is 16.0 Å². The Balaban J connectivity index is 1.99. The normalized spacial score (nSPS) is 15.8. The van der Waals surface area contributed by atoms with Crippen LogP contribution in [0, 0.1) is 0 Å². The van der Waals surface area contributed by atoms with Gasteiger partial charge in [-0.15, -0.1) is 0 Å². The zero-order valence-corrected chi connectivity index (χ0v) is 13.5. The average Bonchev–Trinajstić information content (AvgIpc) is 2.53. The lowest BCUT2D eigenvalue weighted by atomic mass is 10.3. The zero-order valence-electron chi connectivity index (χ0n) is 12.8. The van der Waals surface area contributed by atoms with E-state index in [0.29, 0.717) is 27.8 Å². The van der Waals surface area contributed by atoms with Crippen LogP contribution in [0.4, 0.5) is 11.8 Å². The second-order valence-electron chi connectivity index (χ2n) is 5.51. The molecule has 0 saturated carbocycles. The van der Waals surface area contributed by atoms with Crippen molar-refractivity contribution < 1.29 is 4.79 Å². The topological polar surface area (TPSA) is 100 Å². The van der Waals surface area contributed by atoms with Gasteiger partial charge in [0.05, 0.1) is 18.3 Å². The van der Waals surface area contributed by atoms with E-state index in [0.717, 1.165) is 26.2 Å². The summed E-state index contributed by atoms with van der Waals surface area (Å²) in [6, 6.07) is 1.67. The number of amides is 1. The molecule has 23 heavy (non-hydrogen) atoms. The van der Waals surface area contributed by atoms with Gasteiger partial charge >= 0.3 is 0 Å². The monoisotopic (exact) mass is 335 g/mol. The van der Waals surface area contributed by atoms with Crippen molar-refractivity contribution in [1.82, 2.24) is 19.9 Å². The minimum Gasteiger partial charge on any atom is -0.368 e. The van der Waals surface area contributed by atoms with Gasteiger partial charge in [-0.25, -0.2) is 9.97 Å². The molecule has 1 fully saturated rings. The molecule has 1 amide bonds. The van der Waals surface area contributed by atoms with E-state index in [1.165, 1.54) is 0 Å². The third-order valence-corrected chi connectivity index (χ3v) is 3.96. The fourth-order valence-electron chi connectivity index (χ4n) is 2.45. The summed E-state index contributed by atoms with van der Waals surface area (Å²) in [7, 11) is 2.09. The van der Waals surface area contributed by atoms with Crippen LogP contribution in [0.5, 0.6) is 0 Å². The highest BCUT2D eigenvalue weighted by molar-refractivity contribution is 6.30. The largest absolute Gasteiger partial charge is 0.368 e. The lowest BCUT2D eigenvalue weighted by molar-refractivity contribution is -0.116. The maximum atomic E-state index is 11.1. The highest BCUT2D eigenvalue weighted by Crippen LogP contribution is 2.25. The van der Waals surface area contributed by atoms with E-state index in [9.17, 15) is 4.79 Å². The highest BCUT2D eigenvalue weighted by atomic mass is 35.5. The first-order valence-corrected chi connectivity index (χ1v) is 7.69. The SMILES string of the molecule is CN1CCN(c2nc(NCC(N)=O)c3cc(Cl)ncc3n2)CC1. The third-order valence-electron chi connectivity index (χ3n) is 3.75. The van der Waals surface area contributed by atoms with Crippen LogP contribution in [0.25, 0.3) is 10.9 Å². The number of piperazine rings is 1. The third kappa shape index (κ3) is 3.59. The molecule has 1 saturated heterocycles. The van der Waals surface area contributed by atoms with Crippen LogP contribution in [0.3, 0.4) is 0 Å². The summed E-state index contributed by atoms with van der Waals surface area (Å²) in [5, 5.41) is 4.01. The lowest BCUT2D eigenvalue weighted by Crippen LogP contribution is -2.45. The van der Waals surface area contributed by atoms with Gasteiger partial charge in [0.25, 0.3) is 0 Å². The fourth-order valence-corrected chi connectivity index (χ4v) is 2.61. The Labute approximate surface area is 138 Å². The van der Waals surface area contributed by atoms with E-state index in [-0.39, 0.29) is 6.54 Å². The molecule has 122 valence electrons. The quantitative estimate of drug-likeness (QED) is 0.776.